The van der Waals surface area contributed by atoms with Gasteiger partial charge in [-0.05, 0) is 0 Å². The molecule has 13 heavy (non-hydrogen) atoms. The van der Waals surface area contributed by atoms with Crippen LogP contribution in [0, 0.1) is 0 Å². The van der Waals surface area contributed by atoms with E-state index >= 15 is 0 Å². The van der Waals surface area contributed by atoms with Crippen molar-refractivity contribution in [3.63, 3.8) is 0 Å². The number of hydrogen-bond acceptors (Lipinski definition) is 4. The fraction of sp³-hybridized carbons (Fsp3) is 1.00. The molecule has 0 aliphatic carbocycles. The Hall–Kier alpha value is -0.350. The second-order valence-corrected chi connectivity index (χ2v) is 5.95. The monoisotopic (exact) mass is 241 g/mol. The first-order valence-corrected chi connectivity index (χ1v) is 6.06. The lowest BCUT2D eigenvalue weighted by atomic mass is 10.8. The standard InChI is InChI=1S/C3H6F3NO4S2/c1-12(8,9)7-13(10,11)3(5,6)2-4/h7H,2H2,1H3. The van der Waals surface area contributed by atoms with Gasteiger partial charge in [-0.15, -0.1) is 4.13 Å². The molecule has 0 amide bonds. The summed E-state index contributed by atoms with van der Waals surface area (Å²) < 4.78 is 77.8. The van der Waals surface area contributed by atoms with Gasteiger partial charge in [0.1, 0.15) is 0 Å². The van der Waals surface area contributed by atoms with Gasteiger partial charge in [0, 0.05) is 0 Å². The maximum Gasteiger partial charge on any atom is 0.387 e. The van der Waals surface area contributed by atoms with Crippen LogP contribution in [0.3, 0.4) is 0 Å². The Kier molecular flexibility index (Phi) is 3.33. The highest BCUT2D eigenvalue weighted by molar-refractivity contribution is 8.04. The molecule has 5 nitrogen and oxygen atoms in total. The van der Waals surface area contributed by atoms with E-state index in [-0.39, 0.29) is 0 Å². The van der Waals surface area contributed by atoms with Gasteiger partial charge in [-0.1, -0.05) is 0 Å². The Morgan fingerprint density at radius 3 is 1.85 bits per heavy atom. The van der Waals surface area contributed by atoms with Crippen LogP contribution in [0.2, 0.25) is 0 Å². The summed E-state index contributed by atoms with van der Waals surface area (Å²) in [4.78, 5) is 0. The van der Waals surface area contributed by atoms with Gasteiger partial charge in [0.15, 0.2) is 6.67 Å². The molecule has 0 aromatic carbocycles. The Morgan fingerprint density at radius 2 is 1.62 bits per heavy atom. The maximum atomic E-state index is 12.2. The van der Waals surface area contributed by atoms with Gasteiger partial charge < -0.3 is 0 Å². The number of rotatable bonds is 4. The third-order valence-corrected chi connectivity index (χ3v) is 3.79. The van der Waals surface area contributed by atoms with Gasteiger partial charge in [0.25, 0.3) is 10.0 Å². The van der Waals surface area contributed by atoms with Crippen LogP contribution in [0.15, 0.2) is 0 Å². The first-order valence-electron chi connectivity index (χ1n) is 2.69. The zero-order valence-corrected chi connectivity index (χ0v) is 7.92. The summed E-state index contributed by atoms with van der Waals surface area (Å²) in [5, 5.41) is -4.74. The smallest absolute Gasteiger partial charge is 0.243 e. The molecule has 80 valence electrons. The highest BCUT2D eigenvalue weighted by Crippen LogP contribution is 2.21. The molecule has 0 saturated heterocycles. The number of nitrogens with one attached hydrogen (secondary N) is 1. The first-order chi connectivity index (χ1) is 5.52. The Morgan fingerprint density at radius 1 is 1.23 bits per heavy atom. The highest BCUT2D eigenvalue weighted by atomic mass is 32.3. The second-order valence-electron chi connectivity index (χ2n) is 2.13. The van der Waals surface area contributed by atoms with Crippen LogP contribution in [-0.2, 0) is 20.0 Å². The van der Waals surface area contributed by atoms with E-state index in [0.717, 1.165) is 0 Å². The largest absolute Gasteiger partial charge is 0.387 e. The van der Waals surface area contributed by atoms with E-state index in [1.54, 1.807) is 0 Å². The van der Waals surface area contributed by atoms with Crippen LogP contribution in [0.4, 0.5) is 13.2 Å². The number of hydrogen-bond donors (Lipinski definition) is 1. The minimum absolute atomic E-state index is 0.360. The van der Waals surface area contributed by atoms with Crippen LogP contribution in [0.5, 0.6) is 0 Å². The number of alkyl halides is 3. The molecule has 0 aromatic heterocycles. The van der Waals surface area contributed by atoms with Crippen molar-refractivity contribution in [3.8, 4) is 0 Å². The lowest BCUT2D eigenvalue weighted by Crippen LogP contribution is -2.43. The predicted octanol–water partition coefficient (Wildman–Crippen LogP) is -0.572. The van der Waals surface area contributed by atoms with Crippen molar-refractivity contribution in [2.24, 2.45) is 0 Å². The minimum atomic E-state index is -5.51. The van der Waals surface area contributed by atoms with E-state index in [1.807, 2.05) is 0 Å². The molecular formula is C3H6F3NO4S2. The average Bonchev–Trinajstić information content (AvgIpc) is 1.81. The van der Waals surface area contributed by atoms with E-state index in [9.17, 15) is 30.0 Å². The van der Waals surface area contributed by atoms with Gasteiger partial charge in [0.2, 0.25) is 10.0 Å². The topological polar surface area (TPSA) is 80.3 Å². The van der Waals surface area contributed by atoms with Gasteiger partial charge >= 0.3 is 5.25 Å². The van der Waals surface area contributed by atoms with Crippen LogP contribution in [0.25, 0.3) is 0 Å². The van der Waals surface area contributed by atoms with Crippen molar-refractivity contribution in [1.82, 2.24) is 4.13 Å². The summed E-state index contributed by atoms with van der Waals surface area (Å²) in [6, 6.07) is 0. The molecule has 0 bridgehead atoms. The van der Waals surface area contributed by atoms with Gasteiger partial charge in [-0.3, -0.25) is 0 Å². The summed E-state index contributed by atoms with van der Waals surface area (Å²) in [7, 11) is -9.87. The molecule has 0 heterocycles. The molecule has 0 atom stereocenters. The fourth-order valence-corrected chi connectivity index (χ4v) is 2.56. The Balaban J connectivity index is 5.03. The third kappa shape index (κ3) is 3.48. The summed E-state index contributed by atoms with van der Waals surface area (Å²) in [6.07, 6.45) is 0.360. The van der Waals surface area contributed by atoms with Crippen LogP contribution < -0.4 is 4.13 Å². The quantitative estimate of drug-likeness (QED) is 0.714. The molecule has 0 spiro atoms. The van der Waals surface area contributed by atoms with Crippen molar-refractivity contribution in [2.75, 3.05) is 12.9 Å². The highest BCUT2D eigenvalue weighted by Gasteiger charge is 2.46. The molecule has 10 heteroatoms. The van der Waals surface area contributed by atoms with Crippen LogP contribution in [0.1, 0.15) is 0 Å². The predicted molar refractivity (Wildman–Crippen MR) is 37.8 cm³/mol. The van der Waals surface area contributed by atoms with Crippen molar-refractivity contribution >= 4 is 20.0 Å². The van der Waals surface area contributed by atoms with E-state index in [1.165, 1.54) is 0 Å². The zero-order valence-electron chi connectivity index (χ0n) is 6.29. The molecule has 0 radical (unpaired) electrons. The van der Waals surface area contributed by atoms with Crippen molar-refractivity contribution in [3.05, 3.63) is 0 Å². The Bertz CT molecular complexity index is 371. The summed E-state index contributed by atoms with van der Waals surface area (Å²) >= 11 is 0. The van der Waals surface area contributed by atoms with Crippen LogP contribution in [-0.4, -0.2) is 35.0 Å². The second kappa shape index (κ2) is 3.42. The molecule has 0 unspecified atom stereocenters. The van der Waals surface area contributed by atoms with Crippen molar-refractivity contribution in [1.29, 1.82) is 0 Å². The van der Waals surface area contributed by atoms with E-state index in [4.69, 9.17) is 0 Å². The normalized spacial score (nSPS) is 14.5. The molecule has 0 aliphatic heterocycles. The summed E-state index contributed by atoms with van der Waals surface area (Å²) in [5.41, 5.74) is 0. The fourth-order valence-electron chi connectivity index (χ4n) is 0.332. The lowest BCUT2D eigenvalue weighted by Gasteiger charge is -2.12. The summed E-state index contributed by atoms with van der Waals surface area (Å²) in [6.45, 7) is -2.49. The zero-order chi connectivity index (χ0) is 10.9. The lowest BCUT2D eigenvalue weighted by molar-refractivity contribution is 0.0614. The van der Waals surface area contributed by atoms with Gasteiger partial charge in [-0.2, -0.15) is 8.78 Å². The van der Waals surface area contributed by atoms with Crippen molar-refractivity contribution < 1.29 is 30.0 Å². The van der Waals surface area contributed by atoms with Crippen LogP contribution >= 0.6 is 0 Å². The van der Waals surface area contributed by atoms with E-state index in [2.05, 4.69) is 0 Å². The maximum absolute atomic E-state index is 12.2. The average molecular weight is 241 g/mol. The van der Waals surface area contributed by atoms with Crippen molar-refractivity contribution in [2.45, 2.75) is 5.25 Å². The van der Waals surface area contributed by atoms with E-state index in [0.29, 0.717) is 10.4 Å². The Labute approximate surface area is 73.0 Å². The third-order valence-electron chi connectivity index (χ3n) is 0.810. The van der Waals surface area contributed by atoms with Gasteiger partial charge in [0.05, 0.1) is 6.26 Å². The minimum Gasteiger partial charge on any atom is -0.243 e. The van der Waals surface area contributed by atoms with E-state index < -0.39 is 32.0 Å². The summed E-state index contributed by atoms with van der Waals surface area (Å²) in [5.74, 6) is 0. The van der Waals surface area contributed by atoms with Gasteiger partial charge in [-0.25, -0.2) is 21.2 Å². The number of halogens is 3. The molecule has 0 aliphatic rings. The molecule has 0 saturated carbocycles. The molecule has 0 fully saturated rings. The molecule has 1 N–H and O–H groups in total. The first kappa shape index (κ1) is 12.7. The SMILES string of the molecule is CS(=O)(=O)NS(=O)(=O)C(F)(F)CF. The number of sulfonamides is 2. The molecular weight excluding hydrogens is 235 g/mol. The molecule has 0 aromatic rings. The molecule has 0 rings (SSSR count).